The van der Waals surface area contributed by atoms with E-state index >= 15 is 0 Å². The summed E-state index contributed by atoms with van der Waals surface area (Å²) < 4.78 is 6.12. The van der Waals surface area contributed by atoms with Gasteiger partial charge in [0.05, 0.1) is 13.2 Å². The lowest BCUT2D eigenvalue weighted by molar-refractivity contribution is -0.231. The molecule has 7 N–H and O–H groups in total. The monoisotopic (exact) mass is 856 g/mol. The van der Waals surface area contributed by atoms with E-state index in [4.69, 9.17) is 9.84 Å². The predicted molar refractivity (Wildman–Crippen MR) is 237 cm³/mol. The number of nitrogens with zero attached hydrogens (tertiary/aromatic N) is 1. The van der Waals surface area contributed by atoms with Crippen LogP contribution in [0.1, 0.15) is 219 Å². The van der Waals surface area contributed by atoms with Gasteiger partial charge >= 0.3 is 5.97 Å². The number of amides is 3. The Hall–Kier alpha value is -2.32. The number of aliphatic hydroxyl groups is 4. The van der Waals surface area contributed by atoms with Gasteiger partial charge in [-0.05, 0) is 25.7 Å². The molecule has 0 aromatic heterocycles. The van der Waals surface area contributed by atoms with Crippen LogP contribution in [0.4, 0.5) is 0 Å². The maximum atomic E-state index is 14.0. The molecular weight excluding hydrogens is 767 g/mol. The summed E-state index contributed by atoms with van der Waals surface area (Å²) in [5.74, 6) is -2.35. The molecular formula is C47H89N3O10. The van der Waals surface area contributed by atoms with E-state index in [1.807, 2.05) is 0 Å². The lowest BCUT2D eigenvalue weighted by Crippen LogP contribution is -2.70. The minimum atomic E-state index is -1.61. The predicted octanol–water partition coefficient (Wildman–Crippen LogP) is 7.82. The van der Waals surface area contributed by atoms with Gasteiger partial charge < -0.3 is 45.8 Å². The molecule has 0 aliphatic carbocycles. The number of carbonyl (C=O) groups excluding carboxylic acids is 3. The highest BCUT2D eigenvalue weighted by Crippen LogP contribution is 2.26. The molecule has 1 heterocycles. The Morgan fingerprint density at radius 1 is 0.567 bits per heavy atom. The minimum absolute atomic E-state index is 0.0617. The molecule has 1 fully saturated rings. The Bertz CT molecular complexity index is 1100. The second-order valence-electron chi connectivity index (χ2n) is 17.3. The highest BCUT2D eigenvalue weighted by molar-refractivity contribution is 5.88. The van der Waals surface area contributed by atoms with Crippen LogP contribution in [0.5, 0.6) is 0 Å². The van der Waals surface area contributed by atoms with Gasteiger partial charge in [-0.2, -0.15) is 0 Å². The molecule has 1 rings (SSSR count). The van der Waals surface area contributed by atoms with Gasteiger partial charge in [0.2, 0.25) is 17.7 Å². The van der Waals surface area contributed by atoms with Gasteiger partial charge in [0, 0.05) is 25.8 Å². The van der Waals surface area contributed by atoms with E-state index in [-0.39, 0.29) is 25.2 Å². The average Bonchev–Trinajstić information content (AvgIpc) is 3.23. The normalized spacial score (nSPS) is 19.5. The molecule has 60 heavy (non-hydrogen) atoms. The van der Waals surface area contributed by atoms with E-state index in [0.29, 0.717) is 45.1 Å². The molecule has 0 aromatic rings. The molecule has 1 saturated heterocycles. The minimum Gasteiger partial charge on any atom is -0.481 e. The van der Waals surface area contributed by atoms with Gasteiger partial charge in [0.25, 0.3) is 0 Å². The first-order valence-electron chi connectivity index (χ1n) is 24.4. The second kappa shape index (κ2) is 37.3. The van der Waals surface area contributed by atoms with Crippen LogP contribution >= 0.6 is 0 Å². The van der Waals surface area contributed by atoms with Gasteiger partial charge in [-0.1, -0.05) is 174 Å². The van der Waals surface area contributed by atoms with Crippen LogP contribution in [-0.4, -0.2) is 111 Å². The molecule has 0 aromatic carbocycles. The Morgan fingerprint density at radius 2 is 0.983 bits per heavy atom. The first kappa shape index (κ1) is 55.7. The molecule has 3 amide bonds. The van der Waals surface area contributed by atoms with E-state index in [9.17, 15) is 39.6 Å². The van der Waals surface area contributed by atoms with Gasteiger partial charge in [-0.25, -0.2) is 0 Å². The zero-order valence-corrected chi connectivity index (χ0v) is 37.9. The molecule has 0 spiro atoms. The molecule has 352 valence electrons. The zero-order chi connectivity index (χ0) is 44.2. The van der Waals surface area contributed by atoms with Crippen molar-refractivity contribution in [3.8, 4) is 0 Å². The Morgan fingerprint density at radius 3 is 1.42 bits per heavy atom. The molecule has 13 nitrogen and oxygen atoms in total. The Labute approximate surface area is 363 Å². The number of hydrogen-bond donors (Lipinski definition) is 7. The van der Waals surface area contributed by atoms with Gasteiger partial charge in [0.1, 0.15) is 30.4 Å². The lowest BCUT2D eigenvalue weighted by Gasteiger charge is -2.47. The number of rotatable bonds is 40. The van der Waals surface area contributed by atoms with E-state index in [1.165, 1.54) is 114 Å². The maximum Gasteiger partial charge on any atom is 0.303 e. The third-order valence-corrected chi connectivity index (χ3v) is 12.0. The van der Waals surface area contributed by atoms with Crippen LogP contribution in [0.25, 0.3) is 0 Å². The number of aliphatic hydroxyl groups excluding tert-OH is 4. The topological polar surface area (TPSA) is 206 Å². The Balaban J connectivity index is 2.86. The van der Waals surface area contributed by atoms with Crippen molar-refractivity contribution in [1.82, 2.24) is 15.5 Å². The number of aliphatic carboxylic acids is 1. The van der Waals surface area contributed by atoms with E-state index in [1.54, 1.807) is 0 Å². The van der Waals surface area contributed by atoms with E-state index in [2.05, 4.69) is 24.5 Å². The van der Waals surface area contributed by atoms with Gasteiger partial charge in [-0.3, -0.25) is 19.2 Å². The Kier molecular flexibility index (Phi) is 34.6. The van der Waals surface area contributed by atoms with Crippen LogP contribution in [0.2, 0.25) is 0 Å². The van der Waals surface area contributed by atoms with E-state index in [0.717, 1.165) is 38.5 Å². The van der Waals surface area contributed by atoms with Gasteiger partial charge in [-0.15, -0.1) is 0 Å². The summed E-state index contributed by atoms with van der Waals surface area (Å²) in [6, 6.07) is -2.67. The van der Waals surface area contributed by atoms with Gasteiger partial charge in [0.15, 0.2) is 6.23 Å². The van der Waals surface area contributed by atoms with Crippen molar-refractivity contribution in [2.45, 2.75) is 256 Å². The number of unbranched alkanes of at least 4 members (excludes halogenated alkanes) is 26. The summed E-state index contributed by atoms with van der Waals surface area (Å²) in [5, 5.41) is 56.3. The summed E-state index contributed by atoms with van der Waals surface area (Å²) in [4.78, 5) is 52.5. The fourth-order valence-electron chi connectivity index (χ4n) is 8.12. The SMILES string of the molecule is CCCCCCCCCCCCCCCCCC(=O)N(CCCCCCCCCCCC)[C@@H]1O[C@H](CO)[C@@H](O)[C@H](O)[C@H]1NC(=O)[C@H](CO)NC(=O)CCCCCCC(=O)O. The largest absolute Gasteiger partial charge is 0.481 e. The summed E-state index contributed by atoms with van der Waals surface area (Å²) in [6.07, 6.45) is 26.3. The summed E-state index contributed by atoms with van der Waals surface area (Å²) >= 11 is 0. The number of carbonyl (C=O) groups is 4. The average molecular weight is 856 g/mol. The van der Waals surface area contributed by atoms with Crippen molar-refractivity contribution >= 4 is 23.7 Å². The maximum absolute atomic E-state index is 14.0. The summed E-state index contributed by atoms with van der Waals surface area (Å²) in [5.41, 5.74) is 0. The highest BCUT2D eigenvalue weighted by atomic mass is 16.5. The fourth-order valence-corrected chi connectivity index (χ4v) is 8.12. The lowest BCUT2D eigenvalue weighted by atomic mass is 9.94. The molecule has 6 atom stereocenters. The van der Waals surface area contributed by atoms with Crippen molar-refractivity contribution < 1.29 is 49.4 Å². The number of nitrogens with one attached hydrogen (secondary N) is 2. The summed E-state index contributed by atoms with van der Waals surface area (Å²) in [6.45, 7) is 3.42. The van der Waals surface area contributed by atoms with E-state index < -0.39 is 67.6 Å². The molecule has 0 unspecified atom stereocenters. The molecule has 0 saturated carbocycles. The smallest absolute Gasteiger partial charge is 0.303 e. The number of hydrogen-bond acceptors (Lipinski definition) is 9. The van der Waals surface area contributed by atoms with Crippen LogP contribution in [0, 0.1) is 0 Å². The first-order valence-corrected chi connectivity index (χ1v) is 24.4. The van der Waals surface area contributed by atoms with Crippen molar-refractivity contribution in [3.63, 3.8) is 0 Å². The summed E-state index contributed by atoms with van der Waals surface area (Å²) in [7, 11) is 0. The molecule has 0 bridgehead atoms. The molecule has 1 aliphatic rings. The molecule has 1 aliphatic heterocycles. The molecule has 13 heteroatoms. The third kappa shape index (κ3) is 26.2. The number of carboxylic acid groups (broad SMARTS) is 1. The quantitative estimate of drug-likeness (QED) is 0.0298. The molecule has 0 radical (unpaired) electrons. The zero-order valence-electron chi connectivity index (χ0n) is 37.9. The van der Waals surface area contributed by atoms with Crippen LogP contribution in [0.15, 0.2) is 0 Å². The number of ether oxygens (including phenoxy) is 1. The third-order valence-electron chi connectivity index (χ3n) is 12.0. The van der Waals surface area contributed by atoms with Crippen molar-refractivity contribution in [2.75, 3.05) is 19.8 Å². The van der Waals surface area contributed by atoms with Crippen molar-refractivity contribution in [3.05, 3.63) is 0 Å². The first-order chi connectivity index (χ1) is 29.1. The van der Waals surface area contributed by atoms with Crippen LogP contribution < -0.4 is 10.6 Å². The standard InChI is InChI=1S/C47H89N3O10/c1-3-5-7-9-11-13-15-16-17-18-19-20-22-24-29-33-41(54)50(35-31-27-23-21-14-12-10-8-6-4-2)47-43(45(58)44(57)39(37-52)60-47)49-46(59)38(36-51)48-40(53)32-28-25-26-30-34-42(55)56/h38-39,43-45,47,51-52,57-58H,3-37H2,1-2H3,(H,48,53)(H,49,59)(H,55,56)/t38-,39+,43+,44+,45+,47+/m0/s1. The second-order valence-corrected chi connectivity index (χ2v) is 17.3. The van der Waals surface area contributed by atoms with Crippen molar-refractivity contribution in [2.24, 2.45) is 0 Å². The van der Waals surface area contributed by atoms with Crippen molar-refractivity contribution in [1.29, 1.82) is 0 Å². The fraction of sp³-hybridized carbons (Fsp3) is 0.915. The highest BCUT2D eigenvalue weighted by Gasteiger charge is 2.48. The van der Waals surface area contributed by atoms with Crippen LogP contribution in [-0.2, 0) is 23.9 Å². The number of carboxylic acids is 1. The van der Waals surface area contributed by atoms with Crippen LogP contribution in [0.3, 0.4) is 0 Å².